The maximum absolute atomic E-state index is 13.6. The Kier molecular flexibility index (Phi) is 5.38. The second-order valence-electron chi connectivity index (χ2n) is 3.73. The first-order valence-corrected chi connectivity index (χ1v) is 5.49. The van der Waals surface area contributed by atoms with Gasteiger partial charge in [0.1, 0.15) is 5.82 Å². The lowest BCUT2D eigenvalue weighted by atomic mass is 10.0. The first-order chi connectivity index (χ1) is 7.69. The van der Waals surface area contributed by atoms with E-state index < -0.39 is 0 Å². The highest BCUT2D eigenvalue weighted by Crippen LogP contribution is 2.20. The van der Waals surface area contributed by atoms with E-state index in [1.165, 1.54) is 6.07 Å². The van der Waals surface area contributed by atoms with E-state index in [2.05, 4.69) is 5.43 Å². The van der Waals surface area contributed by atoms with Gasteiger partial charge in [0.2, 0.25) is 0 Å². The Balaban J connectivity index is 2.73. The van der Waals surface area contributed by atoms with Crippen LogP contribution in [-0.2, 0) is 4.74 Å². The van der Waals surface area contributed by atoms with Gasteiger partial charge < -0.3 is 4.74 Å². The summed E-state index contributed by atoms with van der Waals surface area (Å²) in [5.74, 6) is 5.20. The predicted octanol–water partition coefficient (Wildman–Crippen LogP) is 2.07. The molecule has 16 heavy (non-hydrogen) atoms. The molecule has 0 aromatic heterocycles. The highest BCUT2D eigenvalue weighted by molar-refractivity contribution is 5.26. The molecule has 3 nitrogen and oxygen atoms in total. The van der Waals surface area contributed by atoms with Crippen LogP contribution in [0.25, 0.3) is 0 Å². The molecule has 1 atom stereocenters. The molecule has 1 rings (SSSR count). The van der Waals surface area contributed by atoms with Gasteiger partial charge in [-0.3, -0.25) is 11.3 Å². The summed E-state index contributed by atoms with van der Waals surface area (Å²) >= 11 is 0. The molecule has 1 unspecified atom stereocenters. The Morgan fingerprint density at radius 1 is 1.50 bits per heavy atom. The molecule has 90 valence electrons. The van der Waals surface area contributed by atoms with Gasteiger partial charge in [-0.05, 0) is 26.3 Å². The highest BCUT2D eigenvalue weighted by atomic mass is 19.1. The van der Waals surface area contributed by atoms with E-state index in [4.69, 9.17) is 10.6 Å². The molecule has 0 aliphatic carbocycles. The van der Waals surface area contributed by atoms with Gasteiger partial charge >= 0.3 is 0 Å². The van der Waals surface area contributed by atoms with Crippen LogP contribution in [0, 0.1) is 12.7 Å². The van der Waals surface area contributed by atoms with Gasteiger partial charge in [0, 0.05) is 18.8 Å². The summed E-state index contributed by atoms with van der Waals surface area (Å²) in [7, 11) is 0. The van der Waals surface area contributed by atoms with Crippen molar-refractivity contribution in [2.75, 3.05) is 13.2 Å². The SMILES string of the molecule is CCOCCC(NN)c1cc(C)ccc1F. The predicted molar refractivity (Wildman–Crippen MR) is 62.3 cm³/mol. The molecule has 0 fully saturated rings. The van der Waals surface area contributed by atoms with Crippen molar-refractivity contribution >= 4 is 0 Å². The van der Waals surface area contributed by atoms with Crippen molar-refractivity contribution in [3.63, 3.8) is 0 Å². The summed E-state index contributed by atoms with van der Waals surface area (Å²) in [6, 6.07) is 4.82. The zero-order valence-electron chi connectivity index (χ0n) is 9.79. The van der Waals surface area contributed by atoms with E-state index in [-0.39, 0.29) is 11.9 Å². The van der Waals surface area contributed by atoms with Crippen LogP contribution in [0.1, 0.15) is 30.5 Å². The second kappa shape index (κ2) is 6.58. The maximum Gasteiger partial charge on any atom is 0.128 e. The van der Waals surface area contributed by atoms with E-state index in [1.54, 1.807) is 6.07 Å². The molecule has 0 saturated carbocycles. The Bertz CT molecular complexity index is 331. The molecule has 0 aliphatic rings. The normalized spacial score (nSPS) is 12.8. The van der Waals surface area contributed by atoms with Gasteiger partial charge in [-0.25, -0.2) is 4.39 Å². The number of benzene rings is 1. The van der Waals surface area contributed by atoms with Crippen molar-refractivity contribution in [2.45, 2.75) is 26.3 Å². The van der Waals surface area contributed by atoms with Crippen LogP contribution in [0.3, 0.4) is 0 Å². The van der Waals surface area contributed by atoms with Crippen LogP contribution in [-0.4, -0.2) is 13.2 Å². The third-order valence-electron chi connectivity index (χ3n) is 2.48. The molecule has 1 aromatic carbocycles. The molecular weight excluding hydrogens is 207 g/mol. The molecule has 0 amide bonds. The maximum atomic E-state index is 13.6. The van der Waals surface area contributed by atoms with Gasteiger partial charge in [-0.1, -0.05) is 17.7 Å². The fourth-order valence-electron chi connectivity index (χ4n) is 1.60. The summed E-state index contributed by atoms with van der Waals surface area (Å²) in [6.45, 7) is 5.09. The minimum Gasteiger partial charge on any atom is -0.382 e. The Hall–Kier alpha value is -0.970. The van der Waals surface area contributed by atoms with E-state index >= 15 is 0 Å². The summed E-state index contributed by atoms with van der Waals surface area (Å²) in [6.07, 6.45) is 0.657. The Labute approximate surface area is 95.8 Å². The zero-order chi connectivity index (χ0) is 12.0. The smallest absolute Gasteiger partial charge is 0.128 e. The Morgan fingerprint density at radius 2 is 2.25 bits per heavy atom. The number of nitrogens with two attached hydrogens (primary N) is 1. The monoisotopic (exact) mass is 226 g/mol. The standard InChI is InChI=1S/C12H19FN2O/c1-3-16-7-6-12(15-14)10-8-9(2)4-5-11(10)13/h4-5,8,12,15H,3,6-7,14H2,1-2H3. The van der Waals surface area contributed by atoms with Crippen molar-refractivity contribution in [1.29, 1.82) is 0 Å². The van der Waals surface area contributed by atoms with Crippen molar-refractivity contribution in [3.05, 3.63) is 35.1 Å². The molecule has 0 radical (unpaired) electrons. The van der Waals surface area contributed by atoms with Gasteiger partial charge in [0.05, 0.1) is 6.04 Å². The van der Waals surface area contributed by atoms with E-state index in [1.807, 2.05) is 19.9 Å². The lowest BCUT2D eigenvalue weighted by Gasteiger charge is -2.17. The number of aryl methyl sites for hydroxylation is 1. The number of ether oxygens (including phenoxy) is 1. The molecule has 0 heterocycles. The molecule has 4 heteroatoms. The quantitative estimate of drug-likeness (QED) is 0.443. The number of hydrogen-bond acceptors (Lipinski definition) is 3. The van der Waals surface area contributed by atoms with E-state index in [0.717, 1.165) is 5.56 Å². The number of rotatable bonds is 6. The first-order valence-electron chi connectivity index (χ1n) is 5.49. The molecule has 0 spiro atoms. The topological polar surface area (TPSA) is 47.3 Å². The molecule has 0 aliphatic heterocycles. The third-order valence-corrected chi connectivity index (χ3v) is 2.48. The zero-order valence-corrected chi connectivity index (χ0v) is 9.79. The van der Waals surface area contributed by atoms with Crippen molar-refractivity contribution in [1.82, 2.24) is 5.43 Å². The summed E-state index contributed by atoms with van der Waals surface area (Å²) in [5, 5.41) is 0. The van der Waals surface area contributed by atoms with Crippen molar-refractivity contribution in [2.24, 2.45) is 5.84 Å². The number of hydrazine groups is 1. The third kappa shape index (κ3) is 3.56. The van der Waals surface area contributed by atoms with Crippen LogP contribution in [0.4, 0.5) is 4.39 Å². The largest absolute Gasteiger partial charge is 0.382 e. The lowest BCUT2D eigenvalue weighted by molar-refractivity contribution is 0.136. The summed E-state index contributed by atoms with van der Waals surface area (Å²) < 4.78 is 18.8. The van der Waals surface area contributed by atoms with Crippen LogP contribution in [0.5, 0.6) is 0 Å². The molecule has 3 N–H and O–H groups in total. The first kappa shape index (κ1) is 13.1. The van der Waals surface area contributed by atoms with Crippen LogP contribution < -0.4 is 11.3 Å². The number of nitrogens with one attached hydrogen (secondary N) is 1. The van der Waals surface area contributed by atoms with Crippen molar-refractivity contribution < 1.29 is 9.13 Å². The van der Waals surface area contributed by atoms with Crippen LogP contribution in [0.15, 0.2) is 18.2 Å². The Morgan fingerprint density at radius 3 is 2.88 bits per heavy atom. The van der Waals surface area contributed by atoms with Crippen LogP contribution >= 0.6 is 0 Å². The summed E-state index contributed by atoms with van der Waals surface area (Å²) in [4.78, 5) is 0. The fraction of sp³-hybridized carbons (Fsp3) is 0.500. The van der Waals surface area contributed by atoms with E-state index in [0.29, 0.717) is 25.2 Å². The lowest BCUT2D eigenvalue weighted by Crippen LogP contribution is -2.29. The average Bonchev–Trinajstić information content (AvgIpc) is 2.28. The molecular formula is C12H19FN2O. The van der Waals surface area contributed by atoms with E-state index in [9.17, 15) is 4.39 Å². The number of hydrogen-bond donors (Lipinski definition) is 2. The van der Waals surface area contributed by atoms with Crippen molar-refractivity contribution in [3.8, 4) is 0 Å². The molecule has 0 saturated heterocycles. The minimum atomic E-state index is -0.231. The van der Waals surface area contributed by atoms with Gasteiger partial charge in [0.15, 0.2) is 0 Å². The average molecular weight is 226 g/mol. The minimum absolute atomic E-state index is 0.202. The van der Waals surface area contributed by atoms with Gasteiger partial charge in [-0.15, -0.1) is 0 Å². The molecule has 1 aromatic rings. The van der Waals surface area contributed by atoms with Gasteiger partial charge in [0.25, 0.3) is 0 Å². The van der Waals surface area contributed by atoms with Crippen LogP contribution in [0.2, 0.25) is 0 Å². The highest BCUT2D eigenvalue weighted by Gasteiger charge is 2.14. The number of halogens is 1. The fourth-order valence-corrected chi connectivity index (χ4v) is 1.60. The van der Waals surface area contributed by atoms with Gasteiger partial charge in [-0.2, -0.15) is 0 Å². The summed E-state index contributed by atoms with van der Waals surface area (Å²) in [5.41, 5.74) is 4.25. The second-order valence-corrected chi connectivity index (χ2v) is 3.73. The molecule has 0 bridgehead atoms.